The highest BCUT2D eigenvalue weighted by Gasteiger charge is 2.23. The first-order valence-corrected chi connectivity index (χ1v) is 5.34. The van der Waals surface area contributed by atoms with Crippen molar-refractivity contribution in [2.75, 3.05) is 0 Å². The lowest BCUT2D eigenvalue weighted by Crippen LogP contribution is -2.07. The fourth-order valence-corrected chi connectivity index (χ4v) is 1.90. The summed E-state index contributed by atoms with van der Waals surface area (Å²) in [5.41, 5.74) is 2.93. The average Bonchev–Trinajstić information content (AvgIpc) is 2.78. The molecule has 13 heavy (non-hydrogen) atoms. The second-order valence-electron chi connectivity index (χ2n) is 4.61. The maximum Gasteiger partial charge on any atom is 0.0253 e. The molecule has 0 unspecified atom stereocenters. The Balaban J connectivity index is 2.22. The Labute approximate surface area is 80.8 Å². The normalized spacial score (nSPS) is 16.9. The smallest absolute Gasteiger partial charge is 0.0253 e. The van der Waals surface area contributed by atoms with Gasteiger partial charge in [-0.2, -0.15) is 0 Å². The number of hydrogen-bond donors (Lipinski definition) is 0. The first-order chi connectivity index (χ1) is 6.18. The number of nitrogens with zero attached hydrogens (tertiary/aromatic N) is 1. The van der Waals surface area contributed by atoms with E-state index in [0.29, 0.717) is 5.92 Å². The maximum atomic E-state index is 2.50. The molecular weight excluding hydrogens is 158 g/mol. The van der Waals surface area contributed by atoms with E-state index in [2.05, 4.69) is 37.5 Å². The summed E-state index contributed by atoms with van der Waals surface area (Å²) in [7, 11) is 0. The largest absolute Gasteiger partial charge is 0.348 e. The predicted octanol–water partition coefficient (Wildman–Crippen LogP) is 3.33. The van der Waals surface area contributed by atoms with Crippen LogP contribution in [0.3, 0.4) is 0 Å². The highest BCUT2D eigenvalue weighted by Crippen LogP contribution is 2.32. The third kappa shape index (κ3) is 1.79. The Bertz CT molecular complexity index is 292. The third-order valence-corrected chi connectivity index (χ3v) is 2.96. The van der Waals surface area contributed by atoms with Crippen molar-refractivity contribution in [3.8, 4) is 0 Å². The second kappa shape index (κ2) is 3.21. The predicted molar refractivity (Wildman–Crippen MR) is 56.0 cm³/mol. The summed E-state index contributed by atoms with van der Waals surface area (Å²) in [6, 6.07) is 4.53. The van der Waals surface area contributed by atoms with Crippen LogP contribution in [0.25, 0.3) is 0 Å². The van der Waals surface area contributed by atoms with E-state index in [4.69, 9.17) is 0 Å². The van der Waals surface area contributed by atoms with Gasteiger partial charge in [0.15, 0.2) is 0 Å². The van der Waals surface area contributed by atoms with Gasteiger partial charge in [-0.3, -0.25) is 0 Å². The van der Waals surface area contributed by atoms with E-state index in [0.717, 1.165) is 5.92 Å². The fraction of sp³-hybridized carbons (Fsp3) is 0.667. The molecule has 1 heterocycles. The molecule has 0 bridgehead atoms. The van der Waals surface area contributed by atoms with E-state index < -0.39 is 0 Å². The van der Waals surface area contributed by atoms with E-state index in [-0.39, 0.29) is 0 Å². The van der Waals surface area contributed by atoms with Crippen molar-refractivity contribution >= 4 is 0 Å². The van der Waals surface area contributed by atoms with E-state index in [1.54, 1.807) is 0 Å². The SMILES string of the molecule is Cc1ccc(C(C)C)n1CC1CC1. The van der Waals surface area contributed by atoms with Gasteiger partial charge in [0, 0.05) is 17.9 Å². The van der Waals surface area contributed by atoms with E-state index in [1.165, 1.54) is 30.8 Å². The van der Waals surface area contributed by atoms with Crippen LogP contribution >= 0.6 is 0 Å². The quantitative estimate of drug-likeness (QED) is 0.667. The van der Waals surface area contributed by atoms with Gasteiger partial charge in [-0.25, -0.2) is 0 Å². The van der Waals surface area contributed by atoms with Crippen LogP contribution in [0.15, 0.2) is 12.1 Å². The lowest BCUT2D eigenvalue weighted by atomic mass is 10.1. The second-order valence-corrected chi connectivity index (χ2v) is 4.61. The first-order valence-electron chi connectivity index (χ1n) is 5.34. The molecule has 1 nitrogen and oxygen atoms in total. The summed E-state index contributed by atoms with van der Waals surface area (Å²) in [5, 5.41) is 0. The molecule has 72 valence electrons. The molecule has 1 fully saturated rings. The van der Waals surface area contributed by atoms with Crippen molar-refractivity contribution in [3.05, 3.63) is 23.5 Å². The molecule has 0 aromatic carbocycles. The molecule has 1 aromatic rings. The minimum Gasteiger partial charge on any atom is -0.348 e. The zero-order valence-electron chi connectivity index (χ0n) is 8.88. The van der Waals surface area contributed by atoms with Gasteiger partial charge in [0.2, 0.25) is 0 Å². The fourth-order valence-electron chi connectivity index (χ4n) is 1.90. The summed E-state index contributed by atoms with van der Waals surface area (Å²) >= 11 is 0. The van der Waals surface area contributed by atoms with Crippen LogP contribution in [-0.2, 0) is 6.54 Å². The van der Waals surface area contributed by atoms with Gasteiger partial charge in [-0.1, -0.05) is 13.8 Å². The van der Waals surface area contributed by atoms with Crippen molar-refractivity contribution < 1.29 is 0 Å². The van der Waals surface area contributed by atoms with Gasteiger partial charge in [0.05, 0.1) is 0 Å². The highest BCUT2D eigenvalue weighted by atomic mass is 15.0. The van der Waals surface area contributed by atoms with Crippen LogP contribution in [0, 0.1) is 12.8 Å². The summed E-state index contributed by atoms with van der Waals surface area (Å²) in [4.78, 5) is 0. The molecule has 0 amide bonds. The Hall–Kier alpha value is -0.720. The Morgan fingerprint density at radius 2 is 2.08 bits per heavy atom. The molecule has 0 atom stereocenters. The van der Waals surface area contributed by atoms with Crippen molar-refractivity contribution in [3.63, 3.8) is 0 Å². The third-order valence-electron chi connectivity index (χ3n) is 2.96. The first kappa shape index (κ1) is 8.86. The molecule has 0 radical (unpaired) electrons. The van der Waals surface area contributed by atoms with E-state index in [1.807, 2.05) is 0 Å². The standard InChI is InChI=1S/C12H19N/c1-9(2)12-7-4-10(3)13(12)8-11-5-6-11/h4,7,9,11H,5-6,8H2,1-3H3. The minimum atomic E-state index is 0.660. The number of rotatable bonds is 3. The monoisotopic (exact) mass is 177 g/mol. The average molecular weight is 177 g/mol. The summed E-state index contributed by atoms with van der Waals surface area (Å²) in [6.07, 6.45) is 2.88. The van der Waals surface area contributed by atoms with Crippen LogP contribution in [0.4, 0.5) is 0 Å². The lowest BCUT2D eigenvalue weighted by Gasteiger charge is -2.13. The van der Waals surface area contributed by atoms with Crippen molar-refractivity contribution in [2.24, 2.45) is 5.92 Å². The van der Waals surface area contributed by atoms with Gasteiger partial charge in [0.1, 0.15) is 0 Å². The van der Waals surface area contributed by atoms with Gasteiger partial charge in [0.25, 0.3) is 0 Å². The summed E-state index contributed by atoms with van der Waals surface area (Å²) < 4.78 is 2.50. The number of aromatic nitrogens is 1. The van der Waals surface area contributed by atoms with Crippen LogP contribution in [0.5, 0.6) is 0 Å². The maximum absolute atomic E-state index is 2.50. The highest BCUT2D eigenvalue weighted by molar-refractivity contribution is 5.18. The Morgan fingerprint density at radius 3 is 2.62 bits per heavy atom. The molecular formula is C12H19N. The van der Waals surface area contributed by atoms with Crippen LogP contribution in [0.2, 0.25) is 0 Å². The molecule has 0 spiro atoms. The van der Waals surface area contributed by atoms with Gasteiger partial charge < -0.3 is 4.57 Å². The van der Waals surface area contributed by atoms with Crippen molar-refractivity contribution in [1.29, 1.82) is 0 Å². The molecule has 0 saturated heterocycles. The zero-order chi connectivity index (χ0) is 9.42. The number of hydrogen-bond acceptors (Lipinski definition) is 0. The zero-order valence-corrected chi connectivity index (χ0v) is 8.88. The van der Waals surface area contributed by atoms with Gasteiger partial charge >= 0.3 is 0 Å². The molecule has 0 N–H and O–H groups in total. The van der Waals surface area contributed by atoms with Gasteiger partial charge in [-0.15, -0.1) is 0 Å². The molecule has 1 saturated carbocycles. The van der Waals surface area contributed by atoms with Crippen LogP contribution in [0.1, 0.15) is 44.0 Å². The molecule has 1 aromatic heterocycles. The summed E-state index contributed by atoms with van der Waals surface area (Å²) in [6.45, 7) is 8.02. The molecule has 1 heteroatoms. The van der Waals surface area contributed by atoms with E-state index >= 15 is 0 Å². The topological polar surface area (TPSA) is 4.93 Å². The molecule has 1 aliphatic carbocycles. The van der Waals surface area contributed by atoms with Crippen molar-refractivity contribution in [2.45, 2.75) is 46.1 Å². The van der Waals surface area contributed by atoms with Gasteiger partial charge in [-0.05, 0) is 43.7 Å². The lowest BCUT2D eigenvalue weighted by molar-refractivity contribution is 0.575. The molecule has 2 rings (SSSR count). The van der Waals surface area contributed by atoms with Crippen molar-refractivity contribution in [1.82, 2.24) is 4.57 Å². The van der Waals surface area contributed by atoms with E-state index in [9.17, 15) is 0 Å². The number of aryl methyl sites for hydroxylation is 1. The van der Waals surface area contributed by atoms with Crippen LogP contribution < -0.4 is 0 Å². The summed E-state index contributed by atoms with van der Waals surface area (Å²) in [5.74, 6) is 1.64. The van der Waals surface area contributed by atoms with Crippen LogP contribution in [-0.4, -0.2) is 4.57 Å². The molecule has 1 aliphatic rings. The molecule has 0 aliphatic heterocycles. The Kier molecular flexibility index (Phi) is 2.19. The Morgan fingerprint density at radius 1 is 1.38 bits per heavy atom. The minimum absolute atomic E-state index is 0.660.